The van der Waals surface area contributed by atoms with Crippen LogP contribution in [0.5, 0.6) is 0 Å². The zero-order valence-electron chi connectivity index (χ0n) is 11.1. The summed E-state index contributed by atoms with van der Waals surface area (Å²) in [5.41, 5.74) is 1.04. The Morgan fingerprint density at radius 1 is 1.19 bits per heavy atom. The third-order valence-electron chi connectivity index (χ3n) is 2.86. The average Bonchev–Trinajstić information content (AvgIpc) is 2.41. The molecule has 1 amide bonds. The van der Waals surface area contributed by atoms with Crippen molar-refractivity contribution in [2.24, 2.45) is 5.14 Å². The van der Waals surface area contributed by atoms with Crippen LogP contribution in [0.15, 0.2) is 47.4 Å². The van der Waals surface area contributed by atoms with Crippen molar-refractivity contribution >= 4 is 21.6 Å². The van der Waals surface area contributed by atoms with Crippen LogP contribution >= 0.6 is 0 Å². The van der Waals surface area contributed by atoms with E-state index in [9.17, 15) is 17.6 Å². The lowest BCUT2D eigenvalue weighted by atomic mass is 10.1. The number of hydrogen-bond acceptors (Lipinski definition) is 3. The number of sulfonamides is 1. The van der Waals surface area contributed by atoms with Crippen molar-refractivity contribution in [3.8, 4) is 0 Å². The largest absolute Gasteiger partial charge is 0.322 e. The molecule has 0 aromatic heterocycles. The second kappa shape index (κ2) is 5.63. The summed E-state index contributed by atoms with van der Waals surface area (Å²) in [6, 6.07) is 9.39. The van der Waals surface area contributed by atoms with E-state index in [0.717, 1.165) is 6.07 Å². The van der Waals surface area contributed by atoms with Gasteiger partial charge in [-0.15, -0.1) is 0 Å². The number of halogens is 1. The van der Waals surface area contributed by atoms with Crippen molar-refractivity contribution in [3.63, 3.8) is 0 Å². The monoisotopic (exact) mass is 308 g/mol. The number of rotatable bonds is 3. The maximum absolute atomic E-state index is 13.2. The summed E-state index contributed by atoms with van der Waals surface area (Å²) in [5.74, 6) is -1.05. The molecule has 5 nitrogen and oxygen atoms in total. The van der Waals surface area contributed by atoms with Gasteiger partial charge in [-0.1, -0.05) is 12.1 Å². The van der Waals surface area contributed by atoms with Crippen molar-refractivity contribution < 1.29 is 17.6 Å². The van der Waals surface area contributed by atoms with E-state index in [1.165, 1.54) is 36.4 Å². The van der Waals surface area contributed by atoms with E-state index in [0.29, 0.717) is 5.56 Å². The quantitative estimate of drug-likeness (QED) is 0.909. The van der Waals surface area contributed by atoms with Crippen molar-refractivity contribution in [3.05, 3.63) is 59.4 Å². The molecule has 0 aliphatic heterocycles. The second-order valence-electron chi connectivity index (χ2n) is 4.49. The van der Waals surface area contributed by atoms with Gasteiger partial charge in [-0.25, -0.2) is 17.9 Å². The van der Waals surface area contributed by atoms with Crippen LogP contribution in [0, 0.1) is 12.7 Å². The minimum atomic E-state index is -3.85. The van der Waals surface area contributed by atoms with Gasteiger partial charge in [0.05, 0.1) is 4.90 Å². The predicted molar refractivity (Wildman–Crippen MR) is 76.9 cm³/mol. The predicted octanol–water partition coefficient (Wildman–Crippen LogP) is 2.03. The number of aryl methyl sites for hydroxylation is 1. The molecule has 2 aromatic rings. The van der Waals surface area contributed by atoms with Gasteiger partial charge < -0.3 is 5.32 Å². The first kappa shape index (κ1) is 15.1. The highest BCUT2D eigenvalue weighted by Gasteiger charge is 2.12. The van der Waals surface area contributed by atoms with Gasteiger partial charge in [0.25, 0.3) is 5.91 Å². The smallest absolute Gasteiger partial charge is 0.256 e. The summed E-state index contributed by atoms with van der Waals surface area (Å²) >= 11 is 0. The van der Waals surface area contributed by atoms with Crippen molar-refractivity contribution in [1.82, 2.24) is 0 Å². The maximum Gasteiger partial charge on any atom is 0.256 e. The molecule has 21 heavy (non-hydrogen) atoms. The van der Waals surface area contributed by atoms with E-state index < -0.39 is 21.7 Å². The van der Waals surface area contributed by atoms with Crippen molar-refractivity contribution in [1.29, 1.82) is 0 Å². The Morgan fingerprint density at radius 2 is 1.90 bits per heavy atom. The van der Waals surface area contributed by atoms with Gasteiger partial charge in [0, 0.05) is 11.3 Å². The Hall–Kier alpha value is -2.25. The lowest BCUT2D eigenvalue weighted by molar-refractivity contribution is 0.102. The summed E-state index contributed by atoms with van der Waals surface area (Å²) in [7, 11) is -3.85. The number of amides is 1. The first-order valence-corrected chi connectivity index (χ1v) is 7.52. The molecule has 7 heteroatoms. The molecule has 2 aromatic carbocycles. The molecule has 0 bridgehead atoms. The molecule has 0 spiro atoms. The maximum atomic E-state index is 13.2. The van der Waals surface area contributed by atoms with Gasteiger partial charge in [-0.05, 0) is 42.8 Å². The molecule has 110 valence electrons. The van der Waals surface area contributed by atoms with E-state index in [4.69, 9.17) is 5.14 Å². The van der Waals surface area contributed by atoms with Crippen LogP contribution in [0.25, 0.3) is 0 Å². The number of carbonyl (C=O) groups is 1. The van der Waals surface area contributed by atoms with E-state index in [-0.39, 0.29) is 16.1 Å². The molecule has 0 heterocycles. The van der Waals surface area contributed by atoms with Crippen LogP contribution in [0.3, 0.4) is 0 Å². The van der Waals surface area contributed by atoms with E-state index >= 15 is 0 Å². The number of primary sulfonamides is 1. The summed E-state index contributed by atoms with van der Waals surface area (Å²) in [6.45, 7) is 1.68. The average molecular weight is 308 g/mol. The van der Waals surface area contributed by atoms with Crippen LogP contribution in [0.4, 0.5) is 10.1 Å². The highest BCUT2D eigenvalue weighted by molar-refractivity contribution is 7.89. The number of nitrogens with two attached hydrogens (primary N) is 1. The van der Waals surface area contributed by atoms with Gasteiger partial charge in [0.1, 0.15) is 5.82 Å². The summed E-state index contributed by atoms with van der Waals surface area (Å²) in [6.07, 6.45) is 0. The minimum Gasteiger partial charge on any atom is -0.322 e. The Bertz CT molecular complexity index is 804. The highest BCUT2D eigenvalue weighted by Crippen LogP contribution is 2.17. The molecule has 0 saturated heterocycles. The standard InChI is InChI=1S/C14H13FN2O3S/c1-9-5-6-10(15)7-13(9)14(18)17-11-3-2-4-12(8-11)21(16,19)20/h2-8H,1H3,(H,17,18)(H2,16,19,20). The van der Waals surface area contributed by atoms with E-state index in [1.54, 1.807) is 6.92 Å². The zero-order chi connectivity index (χ0) is 15.6. The normalized spacial score (nSPS) is 11.2. The minimum absolute atomic E-state index is 0.115. The molecule has 0 radical (unpaired) electrons. The number of carbonyl (C=O) groups excluding carboxylic acids is 1. The first-order chi connectivity index (χ1) is 9.77. The lowest BCUT2D eigenvalue weighted by Gasteiger charge is -2.09. The summed E-state index contributed by atoms with van der Waals surface area (Å²) in [4.78, 5) is 12.0. The Kier molecular flexibility index (Phi) is 4.06. The van der Waals surface area contributed by atoms with Crippen molar-refractivity contribution in [2.45, 2.75) is 11.8 Å². The third kappa shape index (κ3) is 3.65. The van der Waals surface area contributed by atoms with Crippen LogP contribution < -0.4 is 10.5 Å². The SMILES string of the molecule is Cc1ccc(F)cc1C(=O)Nc1cccc(S(N)(=O)=O)c1. The van der Waals surface area contributed by atoms with E-state index in [2.05, 4.69) is 5.32 Å². The highest BCUT2D eigenvalue weighted by atomic mass is 32.2. The lowest BCUT2D eigenvalue weighted by Crippen LogP contribution is -2.15. The van der Waals surface area contributed by atoms with Crippen LogP contribution in [0.1, 0.15) is 15.9 Å². The fourth-order valence-electron chi connectivity index (χ4n) is 1.79. The number of nitrogens with one attached hydrogen (secondary N) is 1. The Morgan fingerprint density at radius 3 is 2.57 bits per heavy atom. The van der Waals surface area contributed by atoms with Crippen molar-refractivity contribution in [2.75, 3.05) is 5.32 Å². The van der Waals surface area contributed by atoms with Gasteiger partial charge in [-0.2, -0.15) is 0 Å². The molecule has 0 fully saturated rings. The zero-order valence-corrected chi connectivity index (χ0v) is 11.9. The fraction of sp³-hybridized carbons (Fsp3) is 0.0714. The van der Waals surface area contributed by atoms with Gasteiger partial charge in [-0.3, -0.25) is 4.79 Å². The Balaban J connectivity index is 2.30. The molecule has 3 N–H and O–H groups in total. The summed E-state index contributed by atoms with van der Waals surface area (Å²) in [5, 5.41) is 7.53. The number of hydrogen-bond donors (Lipinski definition) is 2. The molecule has 0 atom stereocenters. The second-order valence-corrected chi connectivity index (χ2v) is 6.05. The number of anilines is 1. The van der Waals surface area contributed by atoms with E-state index in [1.807, 2.05) is 0 Å². The van der Waals surface area contributed by atoms with Gasteiger partial charge in [0.15, 0.2) is 0 Å². The molecule has 0 unspecified atom stereocenters. The van der Waals surface area contributed by atoms with Crippen LogP contribution in [-0.2, 0) is 10.0 Å². The topological polar surface area (TPSA) is 89.3 Å². The molecule has 0 saturated carbocycles. The molecule has 0 aliphatic rings. The summed E-state index contributed by atoms with van der Waals surface area (Å²) < 4.78 is 35.7. The molecule has 0 aliphatic carbocycles. The van der Waals surface area contributed by atoms with Gasteiger partial charge in [0.2, 0.25) is 10.0 Å². The third-order valence-corrected chi connectivity index (χ3v) is 3.78. The number of benzene rings is 2. The Labute approximate surface area is 121 Å². The first-order valence-electron chi connectivity index (χ1n) is 5.98. The van der Waals surface area contributed by atoms with Crippen LogP contribution in [-0.4, -0.2) is 14.3 Å². The fourth-order valence-corrected chi connectivity index (χ4v) is 2.35. The van der Waals surface area contributed by atoms with Crippen LogP contribution in [0.2, 0.25) is 0 Å². The molecule has 2 rings (SSSR count). The molecular formula is C14H13FN2O3S. The van der Waals surface area contributed by atoms with Gasteiger partial charge >= 0.3 is 0 Å². The molecular weight excluding hydrogens is 295 g/mol.